The highest BCUT2D eigenvalue weighted by atomic mass is 35.5. The maximum atomic E-state index is 14.0. The molecule has 2 aromatic carbocycles. The van der Waals surface area contributed by atoms with Gasteiger partial charge in [0.25, 0.3) is 11.6 Å². The van der Waals surface area contributed by atoms with Crippen molar-refractivity contribution in [2.45, 2.75) is 11.7 Å². The van der Waals surface area contributed by atoms with Crippen molar-refractivity contribution in [1.29, 1.82) is 0 Å². The molecule has 0 spiro atoms. The van der Waals surface area contributed by atoms with Crippen molar-refractivity contribution >= 4 is 35.0 Å². The summed E-state index contributed by atoms with van der Waals surface area (Å²) in [4.78, 5) is 25.0. The van der Waals surface area contributed by atoms with Gasteiger partial charge in [0.2, 0.25) is 0 Å². The molecule has 136 valence electrons. The molecule has 1 fully saturated rings. The number of benzene rings is 2. The Bertz CT molecular complexity index is 849. The highest BCUT2D eigenvalue weighted by Crippen LogP contribution is 2.36. The number of hydrogen-bond donors (Lipinski definition) is 0. The van der Waals surface area contributed by atoms with Crippen LogP contribution >= 0.6 is 23.4 Å². The number of nitro groups is 1. The van der Waals surface area contributed by atoms with E-state index in [2.05, 4.69) is 0 Å². The number of nitro benzene ring substituents is 1. The first-order valence-corrected chi connectivity index (χ1v) is 9.49. The Morgan fingerprint density at radius 1 is 1.27 bits per heavy atom. The molecule has 0 N–H and O–H groups in total. The number of thioether (sulfide) groups is 1. The highest BCUT2D eigenvalue weighted by molar-refractivity contribution is 7.99. The van der Waals surface area contributed by atoms with Gasteiger partial charge in [0, 0.05) is 40.7 Å². The topological polar surface area (TPSA) is 63.4 Å². The van der Waals surface area contributed by atoms with Crippen LogP contribution in [0.5, 0.6) is 0 Å². The van der Waals surface area contributed by atoms with E-state index in [0.29, 0.717) is 30.8 Å². The Labute approximate surface area is 159 Å². The van der Waals surface area contributed by atoms with Gasteiger partial charge < -0.3 is 4.90 Å². The number of amides is 1. The SMILES string of the molecule is O=C(c1cc(Cl)ccc1[N+](=O)[O-])N1CCSC(c2ccccc2F)CC1. The van der Waals surface area contributed by atoms with Crippen molar-refractivity contribution in [3.63, 3.8) is 0 Å². The minimum atomic E-state index is -0.585. The van der Waals surface area contributed by atoms with Crippen LogP contribution in [0.2, 0.25) is 5.02 Å². The standard InChI is InChI=1S/C18H16ClFN2O3S/c19-12-5-6-16(22(24)25)14(11-12)18(23)21-8-7-17(26-10-9-21)13-3-1-2-4-15(13)20/h1-6,11,17H,7-10H2. The van der Waals surface area contributed by atoms with Crippen molar-refractivity contribution in [2.75, 3.05) is 18.8 Å². The fourth-order valence-corrected chi connectivity index (χ4v) is 4.39. The summed E-state index contributed by atoms with van der Waals surface area (Å²) in [6.45, 7) is 0.840. The molecule has 1 saturated heterocycles. The van der Waals surface area contributed by atoms with Crippen LogP contribution in [0, 0.1) is 15.9 Å². The maximum absolute atomic E-state index is 14.0. The molecule has 0 aromatic heterocycles. The monoisotopic (exact) mass is 394 g/mol. The Balaban J connectivity index is 1.79. The first-order chi connectivity index (χ1) is 12.5. The normalized spacial score (nSPS) is 17.6. The molecular formula is C18H16ClFN2O3S. The van der Waals surface area contributed by atoms with E-state index >= 15 is 0 Å². The van der Waals surface area contributed by atoms with Gasteiger partial charge in [-0.3, -0.25) is 14.9 Å². The van der Waals surface area contributed by atoms with Crippen LogP contribution in [0.4, 0.5) is 10.1 Å². The van der Waals surface area contributed by atoms with Crippen LogP contribution in [0.3, 0.4) is 0 Å². The molecule has 1 atom stereocenters. The molecule has 1 aliphatic heterocycles. The van der Waals surface area contributed by atoms with Gasteiger partial charge in [-0.05, 0) is 24.6 Å². The molecule has 1 heterocycles. The fraction of sp³-hybridized carbons (Fsp3) is 0.278. The smallest absolute Gasteiger partial charge is 0.282 e. The minimum Gasteiger partial charge on any atom is -0.338 e. The van der Waals surface area contributed by atoms with Crippen molar-refractivity contribution < 1.29 is 14.1 Å². The quantitative estimate of drug-likeness (QED) is 0.558. The number of rotatable bonds is 3. The third kappa shape index (κ3) is 3.99. The van der Waals surface area contributed by atoms with Crippen LogP contribution in [-0.4, -0.2) is 34.6 Å². The molecule has 0 aliphatic carbocycles. The second kappa shape index (κ2) is 8.05. The molecule has 26 heavy (non-hydrogen) atoms. The molecule has 1 unspecified atom stereocenters. The summed E-state index contributed by atoms with van der Waals surface area (Å²) in [7, 11) is 0. The Kier molecular flexibility index (Phi) is 5.78. The lowest BCUT2D eigenvalue weighted by molar-refractivity contribution is -0.385. The lowest BCUT2D eigenvalue weighted by atomic mass is 10.1. The zero-order valence-corrected chi connectivity index (χ0v) is 15.3. The van der Waals surface area contributed by atoms with Crippen LogP contribution in [0.15, 0.2) is 42.5 Å². The van der Waals surface area contributed by atoms with E-state index in [1.165, 1.54) is 24.3 Å². The lowest BCUT2D eigenvalue weighted by Crippen LogP contribution is -2.33. The summed E-state index contributed by atoms with van der Waals surface area (Å²) in [5, 5.41) is 11.4. The number of hydrogen-bond acceptors (Lipinski definition) is 4. The van der Waals surface area contributed by atoms with Crippen LogP contribution in [0.1, 0.15) is 27.6 Å². The second-order valence-corrected chi connectivity index (χ2v) is 7.63. The van der Waals surface area contributed by atoms with Crippen molar-refractivity contribution in [1.82, 2.24) is 4.90 Å². The van der Waals surface area contributed by atoms with Gasteiger partial charge in [0.05, 0.1) is 4.92 Å². The van der Waals surface area contributed by atoms with Gasteiger partial charge in [-0.25, -0.2) is 4.39 Å². The van der Waals surface area contributed by atoms with Gasteiger partial charge in [-0.15, -0.1) is 0 Å². The van der Waals surface area contributed by atoms with E-state index < -0.39 is 10.8 Å². The minimum absolute atomic E-state index is 0.0168. The van der Waals surface area contributed by atoms with E-state index in [4.69, 9.17) is 11.6 Å². The van der Waals surface area contributed by atoms with Gasteiger partial charge >= 0.3 is 0 Å². The molecule has 3 rings (SSSR count). The van der Waals surface area contributed by atoms with E-state index in [1.54, 1.807) is 34.9 Å². The third-order valence-electron chi connectivity index (χ3n) is 4.27. The molecule has 0 radical (unpaired) electrons. The van der Waals surface area contributed by atoms with Gasteiger partial charge in [-0.2, -0.15) is 11.8 Å². The number of carbonyl (C=O) groups excluding carboxylic acids is 1. The average molecular weight is 395 g/mol. The van der Waals surface area contributed by atoms with Gasteiger partial charge in [0.15, 0.2) is 0 Å². The predicted molar refractivity (Wildman–Crippen MR) is 100 cm³/mol. The van der Waals surface area contributed by atoms with Crippen LogP contribution in [-0.2, 0) is 0 Å². The second-order valence-electron chi connectivity index (χ2n) is 5.88. The van der Waals surface area contributed by atoms with E-state index in [0.717, 1.165) is 0 Å². The van der Waals surface area contributed by atoms with Gasteiger partial charge in [-0.1, -0.05) is 29.8 Å². The van der Waals surface area contributed by atoms with Crippen molar-refractivity contribution in [3.8, 4) is 0 Å². The number of nitrogens with zero attached hydrogens (tertiary/aromatic N) is 2. The molecule has 2 aromatic rings. The van der Waals surface area contributed by atoms with Gasteiger partial charge in [0.1, 0.15) is 11.4 Å². The summed E-state index contributed by atoms with van der Waals surface area (Å²) < 4.78 is 14.0. The number of carbonyl (C=O) groups is 1. The Morgan fingerprint density at radius 3 is 2.77 bits per heavy atom. The van der Waals surface area contributed by atoms with E-state index in [1.807, 2.05) is 0 Å². The molecule has 5 nitrogen and oxygen atoms in total. The molecule has 8 heteroatoms. The van der Waals surface area contributed by atoms with E-state index in [9.17, 15) is 19.3 Å². The molecule has 0 saturated carbocycles. The lowest BCUT2D eigenvalue weighted by Gasteiger charge is -2.20. The molecule has 1 aliphatic rings. The fourth-order valence-electron chi connectivity index (χ4n) is 2.97. The summed E-state index contributed by atoms with van der Waals surface area (Å²) >= 11 is 7.51. The predicted octanol–water partition coefficient (Wildman–Crippen LogP) is 4.71. The molecular weight excluding hydrogens is 379 g/mol. The highest BCUT2D eigenvalue weighted by Gasteiger charge is 2.28. The molecule has 0 bridgehead atoms. The van der Waals surface area contributed by atoms with Crippen LogP contribution < -0.4 is 0 Å². The summed E-state index contributed by atoms with van der Waals surface area (Å²) in [6.07, 6.45) is 0.575. The largest absolute Gasteiger partial charge is 0.338 e. The average Bonchev–Trinajstić information content (AvgIpc) is 2.87. The summed E-state index contributed by atoms with van der Waals surface area (Å²) in [5.41, 5.74) is 0.347. The first-order valence-electron chi connectivity index (χ1n) is 8.06. The first kappa shape index (κ1) is 18.7. The van der Waals surface area contributed by atoms with E-state index in [-0.39, 0.29) is 27.3 Å². The molecule has 1 amide bonds. The Morgan fingerprint density at radius 2 is 2.04 bits per heavy atom. The summed E-state index contributed by atoms with van der Waals surface area (Å²) in [5.74, 6) is -0.0525. The zero-order chi connectivity index (χ0) is 18.7. The number of halogens is 2. The Hall–Kier alpha value is -2.12. The maximum Gasteiger partial charge on any atom is 0.282 e. The van der Waals surface area contributed by atoms with Crippen molar-refractivity contribution in [3.05, 3.63) is 74.5 Å². The third-order valence-corrected chi connectivity index (χ3v) is 5.81. The summed E-state index contributed by atoms with van der Waals surface area (Å²) in [6, 6.07) is 10.6. The zero-order valence-electron chi connectivity index (χ0n) is 13.7. The van der Waals surface area contributed by atoms with Crippen LogP contribution in [0.25, 0.3) is 0 Å². The van der Waals surface area contributed by atoms with Crippen molar-refractivity contribution in [2.24, 2.45) is 0 Å².